The second-order valence-corrected chi connectivity index (χ2v) is 20.5. The second-order valence-electron chi connectivity index (χ2n) is 18.8. The highest BCUT2D eigenvalue weighted by atomic mass is 79.9. The Labute approximate surface area is 418 Å². The van der Waals surface area contributed by atoms with Gasteiger partial charge < -0.3 is 29.4 Å². The highest BCUT2D eigenvalue weighted by Gasteiger charge is 2.52. The summed E-state index contributed by atoms with van der Waals surface area (Å²) in [5.74, 6) is 0. The Bertz CT molecular complexity index is 2790. The van der Waals surface area contributed by atoms with Crippen LogP contribution in [0.2, 0.25) is 10.0 Å². The van der Waals surface area contributed by atoms with Gasteiger partial charge in [0, 0.05) is 50.1 Å². The quantitative estimate of drug-likeness (QED) is 0.156. The summed E-state index contributed by atoms with van der Waals surface area (Å²) < 4.78 is 27.8. The number of hydrogen-bond donors (Lipinski definition) is 2. The molecule has 2 atom stereocenters. The van der Waals surface area contributed by atoms with Crippen molar-refractivity contribution in [2.75, 3.05) is 37.1 Å². The third-order valence-electron chi connectivity index (χ3n) is 13.7. The summed E-state index contributed by atoms with van der Waals surface area (Å²) >= 11 is 15.7. The monoisotopic (exact) mass is 1020 g/mol. The molecule has 12 nitrogen and oxygen atoms in total. The van der Waals surface area contributed by atoms with Crippen LogP contribution in [0.5, 0.6) is 0 Å². The van der Waals surface area contributed by atoms with E-state index in [0.29, 0.717) is 13.2 Å². The van der Waals surface area contributed by atoms with Gasteiger partial charge >= 0.3 is 7.12 Å². The Balaban J connectivity index is 0.000000134. The molecule has 2 N–H and O–H groups in total. The molecule has 0 bridgehead atoms. The summed E-state index contributed by atoms with van der Waals surface area (Å²) in [6.45, 7) is 16.9. The molecule has 5 aliphatic rings. The van der Waals surface area contributed by atoms with Gasteiger partial charge in [-0.05, 0) is 162 Å². The van der Waals surface area contributed by atoms with Crippen molar-refractivity contribution in [3.63, 3.8) is 0 Å². The zero-order valence-corrected chi connectivity index (χ0v) is 42.6. The number of rotatable bonds is 6. The van der Waals surface area contributed by atoms with Crippen LogP contribution >= 0.6 is 39.1 Å². The van der Waals surface area contributed by atoms with Crippen molar-refractivity contribution in [2.45, 2.75) is 104 Å². The van der Waals surface area contributed by atoms with Crippen LogP contribution in [0, 0.1) is 13.8 Å². The van der Waals surface area contributed by atoms with E-state index in [4.69, 9.17) is 42.0 Å². The predicted molar refractivity (Wildman–Crippen MR) is 276 cm³/mol. The number of ether oxygens (including phenoxy) is 2. The number of halogens is 3. The Morgan fingerprint density at radius 2 is 1.15 bits per heavy atom. The lowest BCUT2D eigenvalue weighted by Gasteiger charge is -2.32. The molecule has 5 aliphatic heterocycles. The Hall–Kier alpha value is -4.80. The van der Waals surface area contributed by atoms with Crippen LogP contribution in [0.1, 0.15) is 93.5 Å². The van der Waals surface area contributed by atoms with E-state index in [1.54, 1.807) is 0 Å². The third-order valence-corrected chi connectivity index (χ3v) is 14.6. The van der Waals surface area contributed by atoms with Crippen LogP contribution < -0.4 is 10.6 Å². The number of aromatic nitrogens is 6. The average Bonchev–Trinajstić information content (AvgIpc) is 3.89. The molecule has 16 heteroatoms. The average molecular weight is 1020 g/mol. The molecular weight excluding hydrogens is 962 g/mol. The number of benzene rings is 4. The molecule has 0 amide bonds. The van der Waals surface area contributed by atoms with E-state index >= 15 is 0 Å². The number of anilines is 2. The second kappa shape index (κ2) is 20.7. The van der Waals surface area contributed by atoms with E-state index in [2.05, 4.69) is 123 Å². The molecule has 0 radical (unpaired) electrons. The maximum atomic E-state index is 6.07. The molecule has 2 unspecified atom stereocenters. The van der Waals surface area contributed by atoms with Crippen molar-refractivity contribution in [3.05, 3.63) is 145 Å². The third kappa shape index (κ3) is 10.7. The minimum Gasteiger partial charge on any atom is -0.400 e. The van der Waals surface area contributed by atoms with Gasteiger partial charge in [-0.15, -0.1) is 10.2 Å². The van der Waals surface area contributed by atoms with Crippen molar-refractivity contribution >= 4 is 63.2 Å². The molecule has 1 saturated heterocycles. The molecule has 4 aromatic carbocycles. The summed E-state index contributed by atoms with van der Waals surface area (Å²) in [7, 11) is -0.182. The van der Waals surface area contributed by atoms with Crippen LogP contribution in [0.4, 0.5) is 11.4 Å². The van der Waals surface area contributed by atoms with E-state index in [9.17, 15) is 0 Å². The highest BCUT2D eigenvalue weighted by molar-refractivity contribution is 9.10. The summed E-state index contributed by atoms with van der Waals surface area (Å²) in [5.41, 5.74) is 14.6. The molecule has 0 aliphatic carbocycles. The minimum atomic E-state index is -0.239. The van der Waals surface area contributed by atoms with Gasteiger partial charge in [0.05, 0.1) is 72.5 Å². The fraction of sp³-hybridized carbons (Fsp3) is 0.385. The van der Waals surface area contributed by atoms with Gasteiger partial charge in [-0.2, -0.15) is 0 Å². The van der Waals surface area contributed by atoms with Crippen molar-refractivity contribution in [1.82, 2.24) is 30.0 Å². The smallest absolute Gasteiger partial charge is 0.400 e. The van der Waals surface area contributed by atoms with Gasteiger partial charge in [-0.3, -0.25) is 0 Å². The molecule has 68 heavy (non-hydrogen) atoms. The number of aryl methyl sites for hydroxylation is 4. The fourth-order valence-electron chi connectivity index (χ4n) is 9.23. The Morgan fingerprint density at radius 1 is 0.647 bits per heavy atom. The van der Waals surface area contributed by atoms with Crippen LogP contribution in [0.25, 0.3) is 28.1 Å². The summed E-state index contributed by atoms with van der Waals surface area (Å²) in [5, 5.41) is 26.1. The normalized spacial score (nSPS) is 20.0. The van der Waals surface area contributed by atoms with Crippen molar-refractivity contribution in [1.29, 1.82) is 0 Å². The first-order valence-corrected chi connectivity index (χ1v) is 25.0. The molecule has 0 spiro atoms. The lowest BCUT2D eigenvalue weighted by Crippen LogP contribution is -2.41. The van der Waals surface area contributed by atoms with Crippen LogP contribution in [-0.2, 0) is 31.9 Å². The number of fused-ring (bicyclic) bond motifs is 6. The fourth-order valence-corrected chi connectivity index (χ4v) is 9.86. The zero-order chi connectivity index (χ0) is 47.6. The molecule has 2 aromatic heterocycles. The number of nitrogens with zero attached hydrogens (tertiary/aromatic N) is 6. The maximum Gasteiger partial charge on any atom is 0.490 e. The van der Waals surface area contributed by atoms with Crippen molar-refractivity contribution in [3.8, 4) is 22.5 Å². The first kappa shape index (κ1) is 48.2. The van der Waals surface area contributed by atoms with Crippen LogP contribution in [0.3, 0.4) is 0 Å². The van der Waals surface area contributed by atoms with Gasteiger partial charge in [0.25, 0.3) is 0 Å². The highest BCUT2D eigenvalue weighted by Crippen LogP contribution is 2.42. The molecule has 354 valence electrons. The lowest BCUT2D eigenvalue weighted by molar-refractivity contribution is 0.00578. The van der Waals surface area contributed by atoms with Crippen molar-refractivity contribution in [2.24, 2.45) is 0 Å². The number of nitrogens with one attached hydrogen (secondary N) is 2. The van der Waals surface area contributed by atoms with Gasteiger partial charge in [-0.1, -0.05) is 79.9 Å². The SMILES string of the molecule is CC1(C)OB(C2=CCOCC2)OC1(C)C.Cc1nnn2c1-c1ccc(Br)cc1C(Nc1ccc(Cl)cc1)CC2.Cc1nnn2c1-c1ccc(C3=CCOCC3)cc1C(Nc1ccc(Cl)cc1)CC2. The van der Waals surface area contributed by atoms with Gasteiger partial charge in [0.1, 0.15) is 0 Å². The molecular formula is C52H58BBrCl2N8O4. The van der Waals surface area contributed by atoms with Crippen LogP contribution in [-0.4, -0.2) is 74.7 Å². The summed E-state index contributed by atoms with van der Waals surface area (Å²) in [6.07, 6.45) is 7.99. The summed E-state index contributed by atoms with van der Waals surface area (Å²) in [6, 6.07) is 29.3. The van der Waals surface area contributed by atoms with Crippen LogP contribution in [0.15, 0.2) is 107 Å². The first-order chi connectivity index (χ1) is 32.7. The summed E-state index contributed by atoms with van der Waals surface area (Å²) in [4.78, 5) is 0. The minimum absolute atomic E-state index is 0.174. The largest absolute Gasteiger partial charge is 0.490 e. The standard InChI is InChI=1S/C23H23ClN4O.C18H16BrClN4.C11H19BO3/c1-15-23-20-7-2-17(16-9-12-29-13-10-16)14-21(20)22(8-11-28(23)27-26-15)25-19-5-3-18(24)4-6-19;1-11-18-15-7-2-12(19)10-16(15)17(8-9-24(18)23-22-11)21-14-5-3-13(20)4-6-14;1-10(2)11(3,4)15-12(14-10)9-5-7-13-8-6-9/h2-7,9,14,22,25H,8,10-13H2,1H3;2-7,10,17,21H,8-9H2,1H3;5H,6-8H2,1-4H3. The molecule has 7 heterocycles. The van der Waals surface area contributed by atoms with E-state index in [1.165, 1.54) is 38.9 Å². The topological polar surface area (TPSA) is 122 Å². The first-order valence-electron chi connectivity index (χ1n) is 23.4. The Kier molecular flexibility index (Phi) is 14.7. The van der Waals surface area contributed by atoms with Gasteiger partial charge in [0.2, 0.25) is 0 Å². The molecule has 11 rings (SSSR count). The number of hydrogen-bond acceptors (Lipinski definition) is 10. The van der Waals surface area contributed by atoms with E-state index < -0.39 is 0 Å². The molecule has 0 saturated carbocycles. The predicted octanol–water partition coefficient (Wildman–Crippen LogP) is 12.5. The lowest BCUT2D eigenvalue weighted by atomic mass is 9.75. The van der Waals surface area contributed by atoms with E-state index in [-0.39, 0.29) is 30.4 Å². The van der Waals surface area contributed by atoms with E-state index in [0.717, 1.165) is 101 Å². The maximum absolute atomic E-state index is 6.07. The van der Waals surface area contributed by atoms with Gasteiger partial charge in [-0.25, -0.2) is 9.36 Å². The molecule has 1 fully saturated rings. The van der Waals surface area contributed by atoms with Gasteiger partial charge in [0.15, 0.2) is 0 Å². The van der Waals surface area contributed by atoms with E-state index in [1.807, 2.05) is 71.7 Å². The Morgan fingerprint density at radius 3 is 1.65 bits per heavy atom. The zero-order valence-electron chi connectivity index (χ0n) is 39.5. The molecule has 6 aromatic rings. The van der Waals surface area contributed by atoms with Crippen molar-refractivity contribution < 1.29 is 18.8 Å².